The first-order valence-electron chi connectivity index (χ1n) is 8.67. The molecule has 26 heavy (non-hydrogen) atoms. The highest BCUT2D eigenvalue weighted by Crippen LogP contribution is 2.29. The molecule has 142 valence electrons. The molecule has 0 spiro atoms. The van der Waals surface area contributed by atoms with Crippen molar-refractivity contribution in [2.24, 2.45) is 5.92 Å². The van der Waals surface area contributed by atoms with E-state index in [4.69, 9.17) is 4.74 Å². The van der Waals surface area contributed by atoms with Gasteiger partial charge >= 0.3 is 11.7 Å². The molecule has 1 aromatic rings. The largest absolute Gasteiger partial charge is 0.474 e. The van der Waals surface area contributed by atoms with Crippen LogP contribution in [0.15, 0.2) is 18.2 Å². The lowest BCUT2D eigenvalue weighted by molar-refractivity contribution is -0.386. The number of hydrogen-bond donors (Lipinski definition) is 1. The van der Waals surface area contributed by atoms with Crippen LogP contribution in [0.3, 0.4) is 0 Å². The van der Waals surface area contributed by atoms with Crippen LogP contribution >= 0.6 is 0 Å². The van der Waals surface area contributed by atoms with Gasteiger partial charge in [-0.15, -0.1) is 0 Å². The predicted octanol–water partition coefficient (Wildman–Crippen LogP) is 2.84. The summed E-state index contributed by atoms with van der Waals surface area (Å²) in [6.45, 7) is 3.65. The fourth-order valence-corrected chi connectivity index (χ4v) is 3.08. The first-order valence-corrected chi connectivity index (χ1v) is 8.67. The van der Waals surface area contributed by atoms with Gasteiger partial charge in [0.1, 0.15) is 0 Å². The Balaban J connectivity index is 2.09. The van der Waals surface area contributed by atoms with Crippen molar-refractivity contribution in [3.05, 3.63) is 33.9 Å². The minimum Gasteiger partial charge on any atom is -0.474 e. The Kier molecular flexibility index (Phi) is 6.54. The first-order chi connectivity index (χ1) is 12.3. The highest BCUT2D eigenvalue weighted by Gasteiger charge is 2.27. The van der Waals surface area contributed by atoms with Crippen LogP contribution in [0.5, 0.6) is 5.75 Å². The third kappa shape index (κ3) is 4.71. The van der Waals surface area contributed by atoms with E-state index in [2.05, 4.69) is 17.0 Å². The van der Waals surface area contributed by atoms with Crippen LogP contribution in [0.1, 0.15) is 49.9 Å². The predicted molar refractivity (Wildman–Crippen MR) is 94.1 cm³/mol. The molecular weight excluding hydrogens is 340 g/mol. The SMILES string of the molecule is COC(=O)c1ccc(O[C@H](C)C(=O)N[C@@H]2CCCC[C@@H]2C)c([N+](=O)[O-])c1. The summed E-state index contributed by atoms with van der Waals surface area (Å²) in [5, 5.41) is 14.2. The number of ether oxygens (including phenoxy) is 2. The number of methoxy groups -OCH3 is 1. The monoisotopic (exact) mass is 364 g/mol. The van der Waals surface area contributed by atoms with Gasteiger partial charge in [-0.3, -0.25) is 14.9 Å². The molecule has 3 atom stereocenters. The van der Waals surface area contributed by atoms with Gasteiger partial charge in [-0.2, -0.15) is 0 Å². The molecule has 0 heterocycles. The van der Waals surface area contributed by atoms with Gasteiger partial charge < -0.3 is 14.8 Å². The van der Waals surface area contributed by atoms with Crippen LogP contribution in [0, 0.1) is 16.0 Å². The molecule has 1 aliphatic rings. The second kappa shape index (κ2) is 8.64. The zero-order valence-corrected chi connectivity index (χ0v) is 15.2. The number of nitrogens with one attached hydrogen (secondary N) is 1. The fraction of sp³-hybridized carbons (Fsp3) is 0.556. The van der Waals surface area contributed by atoms with Gasteiger partial charge in [0.15, 0.2) is 11.9 Å². The topological polar surface area (TPSA) is 108 Å². The Morgan fingerprint density at radius 2 is 2.00 bits per heavy atom. The number of carbonyl (C=O) groups excluding carboxylic acids is 2. The molecule has 1 aromatic carbocycles. The zero-order chi connectivity index (χ0) is 19.3. The standard InChI is InChI=1S/C18H24N2O6/c1-11-6-4-5-7-14(11)19-17(21)12(2)26-16-9-8-13(18(22)25-3)10-15(16)20(23)24/h8-12,14H,4-7H2,1-3H3,(H,19,21)/t11-,12+,14+/m0/s1. The van der Waals surface area contributed by atoms with Crippen LogP contribution in [0.2, 0.25) is 0 Å². The average molecular weight is 364 g/mol. The van der Waals surface area contributed by atoms with Crippen LogP contribution in [-0.4, -0.2) is 36.1 Å². The number of hydrogen-bond acceptors (Lipinski definition) is 6. The summed E-state index contributed by atoms with van der Waals surface area (Å²) in [6.07, 6.45) is 3.34. The Labute approximate surface area is 152 Å². The molecule has 0 unspecified atom stereocenters. The molecule has 0 aromatic heterocycles. The first kappa shape index (κ1) is 19.7. The molecule has 0 aliphatic heterocycles. The molecule has 2 rings (SSSR count). The van der Waals surface area contributed by atoms with E-state index in [1.165, 1.54) is 25.7 Å². The molecule has 8 nitrogen and oxygen atoms in total. The summed E-state index contributed by atoms with van der Waals surface area (Å²) in [5.41, 5.74) is -0.349. The van der Waals surface area contributed by atoms with Crippen molar-refractivity contribution >= 4 is 17.6 Å². The van der Waals surface area contributed by atoms with Crippen molar-refractivity contribution in [3.8, 4) is 5.75 Å². The normalized spacial score (nSPS) is 20.7. The number of rotatable bonds is 6. The molecule has 0 bridgehead atoms. The van der Waals surface area contributed by atoms with Gasteiger partial charge in [0.25, 0.3) is 5.91 Å². The molecule has 0 radical (unpaired) electrons. The third-order valence-corrected chi connectivity index (χ3v) is 4.69. The lowest BCUT2D eigenvalue weighted by Gasteiger charge is -2.30. The van der Waals surface area contributed by atoms with E-state index in [0.29, 0.717) is 5.92 Å². The fourth-order valence-electron chi connectivity index (χ4n) is 3.08. The minimum atomic E-state index is -0.896. The van der Waals surface area contributed by atoms with Crippen molar-refractivity contribution in [3.63, 3.8) is 0 Å². The van der Waals surface area contributed by atoms with Gasteiger partial charge in [-0.25, -0.2) is 4.79 Å². The summed E-state index contributed by atoms with van der Waals surface area (Å²) in [7, 11) is 1.19. The van der Waals surface area contributed by atoms with Crippen LogP contribution in [0.4, 0.5) is 5.69 Å². The average Bonchev–Trinajstić information content (AvgIpc) is 2.62. The zero-order valence-electron chi connectivity index (χ0n) is 15.2. The highest BCUT2D eigenvalue weighted by molar-refractivity contribution is 5.90. The van der Waals surface area contributed by atoms with E-state index in [1.807, 2.05) is 0 Å². The molecule has 8 heteroatoms. The van der Waals surface area contributed by atoms with E-state index < -0.39 is 22.7 Å². The van der Waals surface area contributed by atoms with E-state index >= 15 is 0 Å². The van der Waals surface area contributed by atoms with E-state index in [0.717, 1.165) is 25.3 Å². The van der Waals surface area contributed by atoms with Gasteiger partial charge in [-0.1, -0.05) is 19.8 Å². The summed E-state index contributed by atoms with van der Waals surface area (Å²) >= 11 is 0. The molecule has 1 N–H and O–H groups in total. The lowest BCUT2D eigenvalue weighted by atomic mass is 9.86. The number of esters is 1. The van der Waals surface area contributed by atoms with Crippen molar-refractivity contribution in [2.45, 2.75) is 51.7 Å². The van der Waals surface area contributed by atoms with Crippen molar-refractivity contribution in [2.75, 3.05) is 7.11 Å². The number of nitrogens with zero attached hydrogens (tertiary/aromatic N) is 1. The summed E-state index contributed by atoms with van der Waals surface area (Å²) in [4.78, 5) is 34.5. The Hall–Kier alpha value is -2.64. The van der Waals surface area contributed by atoms with Gasteiger partial charge in [0.2, 0.25) is 0 Å². The van der Waals surface area contributed by atoms with E-state index in [9.17, 15) is 19.7 Å². The maximum absolute atomic E-state index is 12.4. The minimum absolute atomic E-state index is 0.0414. The number of nitro benzene ring substituents is 1. The van der Waals surface area contributed by atoms with E-state index in [-0.39, 0.29) is 23.3 Å². The molecule has 0 saturated heterocycles. The van der Waals surface area contributed by atoms with Crippen LogP contribution in [0.25, 0.3) is 0 Å². The maximum atomic E-state index is 12.4. The Morgan fingerprint density at radius 1 is 1.31 bits per heavy atom. The van der Waals surface area contributed by atoms with Crippen LogP contribution < -0.4 is 10.1 Å². The van der Waals surface area contributed by atoms with Gasteiger partial charge in [-0.05, 0) is 37.8 Å². The summed E-state index contributed by atoms with van der Waals surface area (Å²) in [6, 6.07) is 3.84. The second-order valence-corrected chi connectivity index (χ2v) is 6.57. The molecule has 1 fully saturated rings. The quantitative estimate of drug-likeness (QED) is 0.472. The third-order valence-electron chi connectivity index (χ3n) is 4.69. The highest BCUT2D eigenvalue weighted by atomic mass is 16.6. The molecule has 1 amide bonds. The molecule has 1 aliphatic carbocycles. The Bertz CT molecular complexity index is 690. The van der Waals surface area contributed by atoms with Crippen molar-refractivity contribution in [1.82, 2.24) is 5.32 Å². The van der Waals surface area contributed by atoms with Gasteiger partial charge in [0, 0.05) is 12.1 Å². The smallest absolute Gasteiger partial charge is 0.338 e. The lowest BCUT2D eigenvalue weighted by Crippen LogP contribution is -2.46. The number of nitro groups is 1. The summed E-state index contributed by atoms with van der Waals surface area (Å²) < 4.78 is 10.1. The number of benzene rings is 1. The van der Waals surface area contributed by atoms with Crippen molar-refractivity contribution < 1.29 is 24.0 Å². The Morgan fingerprint density at radius 3 is 2.62 bits per heavy atom. The van der Waals surface area contributed by atoms with Gasteiger partial charge in [0.05, 0.1) is 17.6 Å². The van der Waals surface area contributed by atoms with Crippen LogP contribution in [-0.2, 0) is 9.53 Å². The van der Waals surface area contributed by atoms with E-state index in [1.54, 1.807) is 6.92 Å². The second-order valence-electron chi connectivity index (χ2n) is 6.57. The maximum Gasteiger partial charge on any atom is 0.338 e. The number of carbonyl (C=O) groups is 2. The van der Waals surface area contributed by atoms with Crippen molar-refractivity contribution in [1.29, 1.82) is 0 Å². The molecule has 1 saturated carbocycles. The molecular formula is C18H24N2O6. The summed E-state index contributed by atoms with van der Waals surface area (Å²) in [5.74, 6) is -0.664. The number of amides is 1.